The minimum atomic E-state index is -0.149. The molecule has 0 spiro atoms. The largest absolute Gasteiger partial charge is 0.360 e. The molecule has 122 valence electrons. The van der Waals surface area contributed by atoms with Crippen LogP contribution >= 0.6 is 15.9 Å². The quantitative estimate of drug-likeness (QED) is 0.671. The fourth-order valence-electron chi connectivity index (χ4n) is 2.89. The molecule has 1 aliphatic rings. The van der Waals surface area contributed by atoms with Crippen molar-refractivity contribution in [3.63, 3.8) is 0 Å². The second-order valence-corrected chi connectivity index (χ2v) is 6.44. The first-order valence-electron chi connectivity index (χ1n) is 7.59. The molecule has 0 radical (unpaired) electrons. The van der Waals surface area contributed by atoms with Crippen LogP contribution in [0.1, 0.15) is 5.82 Å². The first kappa shape index (κ1) is 15.1. The summed E-state index contributed by atoms with van der Waals surface area (Å²) in [7, 11) is 1.63. The smallest absolute Gasteiger partial charge is 0.282 e. The molecular weight excluding hydrogens is 372 g/mol. The molecule has 0 aliphatic carbocycles. The molecule has 2 aromatic heterocycles. The normalized spacial score (nSPS) is 13.8. The fraction of sp³-hybridized carbons (Fsp3) is 0.250. The number of hydrogen-bond acceptors (Lipinski definition) is 5. The topological polar surface area (TPSA) is 68.8 Å². The Kier molecular flexibility index (Phi) is 3.68. The number of aryl methyl sites for hydroxylation is 1. The Morgan fingerprint density at radius 2 is 1.92 bits per heavy atom. The van der Waals surface area contributed by atoms with Crippen LogP contribution in [0.25, 0.3) is 11.4 Å². The van der Waals surface area contributed by atoms with E-state index in [1.165, 1.54) is 4.68 Å². The van der Waals surface area contributed by atoms with E-state index in [9.17, 15) is 4.79 Å². The van der Waals surface area contributed by atoms with Crippen molar-refractivity contribution in [2.24, 2.45) is 7.05 Å². The maximum Gasteiger partial charge on any atom is 0.282 e. The maximum atomic E-state index is 12.1. The zero-order valence-electron chi connectivity index (χ0n) is 13.1. The van der Waals surface area contributed by atoms with Gasteiger partial charge in [0.2, 0.25) is 0 Å². The van der Waals surface area contributed by atoms with Gasteiger partial charge in [0.25, 0.3) is 5.56 Å². The van der Waals surface area contributed by atoms with Gasteiger partial charge in [0.15, 0.2) is 11.6 Å². The second kappa shape index (κ2) is 5.86. The summed E-state index contributed by atoms with van der Waals surface area (Å²) in [5, 5.41) is 12.8. The molecule has 0 unspecified atom stereocenters. The van der Waals surface area contributed by atoms with Crippen LogP contribution in [0.3, 0.4) is 0 Å². The van der Waals surface area contributed by atoms with Gasteiger partial charge in [-0.3, -0.25) is 4.79 Å². The molecular formula is C16H15BrN6O. The van der Waals surface area contributed by atoms with Crippen molar-refractivity contribution in [3.05, 3.63) is 57.2 Å². The first-order valence-corrected chi connectivity index (χ1v) is 8.38. The Bertz CT molecular complexity index is 949. The average Bonchev–Trinajstić information content (AvgIpc) is 3.04. The highest BCUT2D eigenvalue weighted by atomic mass is 79.9. The van der Waals surface area contributed by atoms with Crippen LogP contribution in [0.5, 0.6) is 0 Å². The highest BCUT2D eigenvalue weighted by molar-refractivity contribution is 9.10. The molecule has 0 N–H and O–H groups in total. The van der Waals surface area contributed by atoms with E-state index in [0.29, 0.717) is 11.0 Å². The van der Waals surface area contributed by atoms with Crippen molar-refractivity contribution in [1.29, 1.82) is 0 Å². The maximum absolute atomic E-state index is 12.1. The van der Waals surface area contributed by atoms with E-state index in [4.69, 9.17) is 0 Å². The molecule has 0 saturated carbocycles. The number of rotatable bonds is 2. The molecule has 0 fully saturated rings. The second-order valence-electron chi connectivity index (χ2n) is 5.65. The van der Waals surface area contributed by atoms with Gasteiger partial charge in [-0.1, -0.05) is 30.3 Å². The van der Waals surface area contributed by atoms with E-state index in [1.807, 2.05) is 30.3 Å². The predicted molar refractivity (Wildman–Crippen MR) is 93.7 cm³/mol. The van der Waals surface area contributed by atoms with E-state index in [2.05, 4.69) is 40.7 Å². The molecule has 3 aromatic rings. The molecule has 0 atom stereocenters. The van der Waals surface area contributed by atoms with Crippen LogP contribution in [0.2, 0.25) is 0 Å². The Morgan fingerprint density at radius 3 is 2.71 bits per heavy atom. The summed E-state index contributed by atoms with van der Waals surface area (Å²) in [6.45, 7) is 2.11. The minimum Gasteiger partial charge on any atom is -0.360 e. The van der Waals surface area contributed by atoms with Gasteiger partial charge in [-0.25, -0.2) is 4.68 Å². The molecule has 7 nitrogen and oxygen atoms in total. The van der Waals surface area contributed by atoms with Gasteiger partial charge in [0.05, 0.1) is 18.4 Å². The van der Waals surface area contributed by atoms with E-state index in [-0.39, 0.29) is 5.56 Å². The van der Waals surface area contributed by atoms with Gasteiger partial charge < -0.3 is 9.47 Å². The highest BCUT2D eigenvalue weighted by Gasteiger charge is 2.24. The average molecular weight is 387 g/mol. The standard InChI is InChI=1S/C16H15BrN6O/c1-21-16(24)14(17)12(9-18-21)22-7-8-23-13(10-22)19-20-15(23)11-5-3-2-4-6-11/h2-6,9H,7-8,10H2,1H3. The summed E-state index contributed by atoms with van der Waals surface area (Å²) >= 11 is 3.39. The van der Waals surface area contributed by atoms with Crippen LogP contribution < -0.4 is 10.5 Å². The summed E-state index contributed by atoms with van der Waals surface area (Å²) in [4.78, 5) is 14.2. The van der Waals surface area contributed by atoms with Crippen molar-refractivity contribution in [3.8, 4) is 11.4 Å². The van der Waals surface area contributed by atoms with Crippen molar-refractivity contribution in [2.45, 2.75) is 13.1 Å². The molecule has 1 aliphatic heterocycles. The van der Waals surface area contributed by atoms with Gasteiger partial charge in [-0.05, 0) is 15.9 Å². The number of nitrogens with zero attached hydrogens (tertiary/aromatic N) is 6. The van der Waals surface area contributed by atoms with Gasteiger partial charge in [0.1, 0.15) is 4.47 Å². The Balaban J connectivity index is 1.68. The molecule has 4 rings (SSSR count). The summed E-state index contributed by atoms with van der Waals surface area (Å²) in [6, 6.07) is 10.0. The molecule has 1 aromatic carbocycles. The lowest BCUT2D eigenvalue weighted by atomic mass is 10.2. The lowest BCUT2D eigenvalue weighted by Gasteiger charge is -2.30. The zero-order chi connectivity index (χ0) is 16.7. The van der Waals surface area contributed by atoms with Gasteiger partial charge in [0, 0.05) is 25.7 Å². The van der Waals surface area contributed by atoms with E-state index < -0.39 is 0 Å². The lowest BCUT2D eigenvalue weighted by molar-refractivity contribution is 0.559. The van der Waals surface area contributed by atoms with Crippen LogP contribution in [0.15, 0.2) is 45.8 Å². The molecule has 8 heteroatoms. The monoisotopic (exact) mass is 386 g/mol. The number of benzene rings is 1. The number of halogens is 1. The summed E-state index contributed by atoms with van der Waals surface area (Å²) in [5.74, 6) is 1.76. The van der Waals surface area contributed by atoms with Gasteiger partial charge >= 0.3 is 0 Å². The van der Waals surface area contributed by atoms with Crippen LogP contribution in [0, 0.1) is 0 Å². The molecule has 0 amide bonds. The Labute approximate surface area is 146 Å². The number of anilines is 1. The number of fused-ring (bicyclic) bond motifs is 1. The number of hydrogen-bond donors (Lipinski definition) is 0. The number of aromatic nitrogens is 5. The van der Waals surface area contributed by atoms with Crippen LogP contribution in [-0.2, 0) is 20.1 Å². The fourth-order valence-corrected chi connectivity index (χ4v) is 3.50. The highest BCUT2D eigenvalue weighted by Crippen LogP contribution is 2.27. The van der Waals surface area contributed by atoms with E-state index in [1.54, 1.807) is 13.2 Å². The molecule has 0 bridgehead atoms. The zero-order valence-corrected chi connectivity index (χ0v) is 14.6. The van der Waals surface area contributed by atoms with Crippen molar-refractivity contribution in [2.75, 3.05) is 11.4 Å². The molecule has 24 heavy (non-hydrogen) atoms. The third kappa shape index (κ3) is 2.43. The van der Waals surface area contributed by atoms with Crippen molar-refractivity contribution >= 4 is 21.6 Å². The van der Waals surface area contributed by atoms with E-state index in [0.717, 1.165) is 36.0 Å². The molecule has 3 heterocycles. The minimum absolute atomic E-state index is 0.149. The van der Waals surface area contributed by atoms with Crippen molar-refractivity contribution < 1.29 is 0 Å². The summed E-state index contributed by atoms with van der Waals surface area (Å²) in [6.07, 6.45) is 1.70. The Hall–Kier alpha value is -2.48. The van der Waals surface area contributed by atoms with Gasteiger partial charge in [-0.2, -0.15) is 5.10 Å². The summed E-state index contributed by atoms with van der Waals surface area (Å²) < 4.78 is 3.97. The SMILES string of the molecule is Cn1ncc(N2CCn3c(nnc3-c3ccccc3)C2)c(Br)c1=O. The molecule has 0 saturated heterocycles. The Morgan fingerprint density at radius 1 is 1.12 bits per heavy atom. The van der Waals surface area contributed by atoms with Gasteiger partial charge in [-0.15, -0.1) is 10.2 Å². The lowest BCUT2D eigenvalue weighted by Crippen LogP contribution is -2.36. The summed E-state index contributed by atoms with van der Waals surface area (Å²) in [5.41, 5.74) is 1.69. The first-order chi connectivity index (χ1) is 11.6. The van der Waals surface area contributed by atoms with Crippen LogP contribution in [-0.4, -0.2) is 31.1 Å². The third-order valence-electron chi connectivity index (χ3n) is 4.19. The third-order valence-corrected chi connectivity index (χ3v) is 4.93. The van der Waals surface area contributed by atoms with E-state index >= 15 is 0 Å². The van der Waals surface area contributed by atoms with Crippen molar-refractivity contribution in [1.82, 2.24) is 24.5 Å². The van der Waals surface area contributed by atoms with Crippen LogP contribution in [0.4, 0.5) is 5.69 Å². The predicted octanol–water partition coefficient (Wildman–Crippen LogP) is 1.82.